The van der Waals surface area contributed by atoms with E-state index < -0.39 is 139 Å². The van der Waals surface area contributed by atoms with Gasteiger partial charge in [-0.2, -0.15) is 0 Å². The normalized spacial score (nSPS) is 14.6. The topological polar surface area (TPSA) is 426 Å². The summed E-state index contributed by atoms with van der Waals surface area (Å²) in [6.45, 7) is 9.15. The molecular weight excluding hydrogens is 907 g/mol. The second kappa shape index (κ2) is 30.5. The number of carbonyl (C=O) groups is 10. The van der Waals surface area contributed by atoms with Crippen LogP contribution in [-0.2, 0) is 54.4 Å². The minimum Gasteiger partial charge on any atom is -0.481 e. The van der Waals surface area contributed by atoms with Crippen LogP contribution in [0, 0.1) is 17.8 Å². The number of aliphatic hydroxyl groups is 1. The molecule has 8 atom stereocenters. The first-order valence-electron chi connectivity index (χ1n) is 22.5. The number of guanidine groups is 1. The fourth-order valence-electron chi connectivity index (χ4n) is 6.66. The number of rotatable bonds is 32. The predicted octanol–water partition coefficient (Wildman–Crippen LogP) is -2.83. The third kappa shape index (κ3) is 23.6. The summed E-state index contributed by atoms with van der Waals surface area (Å²) in [6.07, 6.45) is -2.11. The maximum absolute atomic E-state index is 14.1. The molecule has 0 bridgehead atoms. The van der Waals surface area contributed by atoms with Crippen LogP contribution >= 0.6 is 0 Å². The number of aliphatic imine (C=N–C) groups is 1. The highest BCUT2D eigenvalue weighted by Crippen LogP contribution is 2.12. The van der Waals surface area contributed by atoms with E-state index in [9.17, 15) is 68.4 Å². The third-order valence-electron chi connectivity index (χ3n) is 10.2. The molecule has 7 amide bonds. The molecule has 0 saturated carbocycles. The van der Waals surface area contributed by atoms with Gasteiger partial charge in [0.05, 0.1) is 19.1 Å². The van der Waals surface area contributed by atoms with E-state index in [4.69, 9.17) is 17.2 Å². The first kappa shape index (κ1) is 60.1. The van der Waals surface area contributed by atoms with Gasteiger partial charge in [0.25, 0.3) is 0 Å². The Kier molecular flexibility index (Phi) is 26.6. The molecule has 0 fully saturated rings. The molecule has 0 heterocycles. The molecule has 69 heavy (non-hydrogen) atoms. The molecule has 0 aliphatic heterocycles. The van der Waals surface area contributed by atoms with Crippen LogP contribution in [0.1, 0.15) is 92.1 Å². The summed E-state index contributed by atoms with van der Waals surface area (Å²) >= 11 is 0. The number of carboxylic acids is 3. The summed E-state index contributed by atoms with van der Waals surface area (Å²) in [5.41, 5.74) is 17.7. The number of hydrogen-bond donors (Lipinski definition) is 14. The number of nitrogens with two attached hydrogens (primary N) is 3. The van der Waals surface area contributed by atoms with Crippen molar-refractivity contribution in [2.45, 2.75) is 141 Å². The van der Waals surface area contributed by atoms with E-state index in [-0.39, 0.29) is 56.4 Å². The van der Waals surface area contributed by atoms with Gasteiger partial charge >= 0.3 is 17.9 Å². The van der Waals surface area contributed by atoms with Crippen LogP contribution in [0.5, 0.6) is 0 Å². The van der Waals surface area contributed by atoms with E-state index in [0.717, 1.165) is 0 Å². The zero-order chi connectivity index (χ0) is 52.5. The molecule has 25 heteroatoms. The number of aliphatic carboxylic acids is 3. The van der Waals surface area contributed by atoms with E-state index in [1.807, 2.05) is 0 Å². The largest absolute Gasteiger partial charge is 0.481 e. The van der Waals surface area contributed by atoms with Gasteiger partial charge in [-0.05, 0) is 61.8 Å². The van der Waals surface area contributed by atoms with Crippen LogP contribution < -0.4 is 54.4 Å². The van der Waals surface area contributed by atoms with E-state index in [2.05, 4.69) is 42.2 Å². The first-order chi connectivity index (χ1) is 32.2. The smallest absolute Gasteiger partial charge is 0.328 e. The molecule has 17 N–H and O–H groups in total. The Hall–Kier alpha value is -6.89. The van der Waals surface area contributed by atoms with Crippen LogP contribution in [0.3, 0.4) is 0 Å². The minimum absolute atomic E-state index is 0.00283. The number of nitrogens with one attached hydrogen (secondary N) is 7. The van der Waals surface area contributed by atoms with Crippen molar-refractivity contribution in [3.05, 3.63) is 35.9 Å². The van der Waals surface area contributed by atoms with Gasteiger partial charge in [0.1, 0.15) is 42.3 Å². The van der Waals surface area contributed by atoms with Crippen LogP contribution in [0.2, 0.25) is 0 Å². The van der Waals surface area contributed by atoms with Crippen molar-refractivity contribution in [3.63, 3.8) is 0 Å². The SMILES string of the molecule is CC(C)CC(NC(=O)C(CC(=O)O)NC(=O)C(CCC(=O)O)NC(=O)C(N)Cc1ccccc1)C(=O)NC(CCCN=C(N)N)C(=O)NC(C(=O)NC(CC(C)C)C(=O)NC(CO)C(=O)O)C(C)C. The van der Waals surface area contributed by atoms with Crippen molar-refractivity contribution >= 4 is 65.2 Å². The molecule has 25 nitrogen and oxygen atoms in total. The summed E-state index contributed by atoms with van der Waals surface area (Å²) in [5.74, 6) is -12.4. The first-order valence-corrected chi connectivity index (χ1v) is 22.5. The molecule has 1 rings (SSSR count). The maximum atomic E-state index is 14.1. The van der Waals surface area contributed by atoms with Gasteiger partial charge in [-0.25, -0.2) is 4.79 Å². The molecule has 8 unspecified atom stereocenters. The van der Waals surface area contributed by atoms with Gasteiger partial charge in [0.15, 0.2) is 5.96 Å². The molecule has 0 spiro atoms. The highest BCUT2D eigenvalue weighted by molar-refractivity contribution is 5.98. The van der Waals surface area contributed by atoms with Gasteiger partial charge in [0, 0.05) is 13.0 Å². The standard InChI is InChI=1S/C44H71N11O14/c1-22(2)17-29(51-41(66)31(20-34(59)60)52-37(62)28(14-15-33(57)58)49-36(61)26(45)19-25-11-8-7-9-12-25)39(64)50-27(13-10-16-48-44(46)47)38(63)55-35(24(5)6)42(67)53-30(18-23(3)4)40(65)54-32(21-56)43(68)69/h7-9,11-12,22-24,26-32,35,56H,10,13-21,45H2,1-6H3,(H,49,61)(H,50,64)(H,51,66)(H,52,62)(H,53,67)(H,54,65)(H,55,63)(H,57,58)(H,59,60)(H,68,69)(H4,46,47,48). The molecule has 0 radical (unpaired) electrons. The van der Waals surface area contributed by atoms with Gasteiger partial charge < -0.3 is 74.8 Å². The van der Waals surface area contributed by atoms with Crippen molar-refractivity contribution in [2.24, 2.45) is 39.9 Å². The maximum Gasteiger partial charge on any atom is 0.328 e. The Balaban J connectivity index is 3.45. The number of carboxylic acid groups (broad SMARTS) is 3. The van der Waals surface area contributed by atoms with Gasteiger partial charge in [-0.3, -0.25) is 48.1 Å². The Morgan fingerprint density at radius 1 is 0.565 bits per heavy atom. The fraction of sp³-hybridized carbons (Fsp3) is 0.614. The monoisotopic (exact) mass is 978 g/mol. The van der Waals surface area contributed by atoms with Crippen LogP contribution in [0.4, 0.5) is 0 Å². The average Bonchev–Trinajstić information content (AvgIpc) is 3.25. The number of benzene rings is 1. The lowest BCUT2D eigenvalue weighted by atomic mass is 9.98. The fourth-order valence-corrected chi connectivity index (χ4v) is 6.66. The van der Waals surface area contributed by atoms with Crippen molar-refractivity contribution in [2.75, 3.05) is 13.2 Å². The van der Waals surface area contributed by atoms with Gasteiger partial charge in [-0.1, -0.05) is 71.9 Å². The number of carbonyl (C=O) groups excluding carboxylic acids is 7. The highest BCUT2D eigenvalue weighted by Gasteiger charge is 2.36. The second-order valence-corrected chi connectivity index (χ2v) is 17.7. The van der Waals surface area contributed by atoms with E-state index >= 15 is 0 Å². The molecular formula is C44H71N11O14. The Morgan fingerprint density at radius 2 is 1.01 bits per heavy atom. The Bertz CT molecular complexity index is 1950. The van der Waals surface area contributed by atoms with Crippen molar-refractivity contribution < 1.29 is 68.4 Å². The van der Waals surface area contributed by atoms with Gasteiger partial charge in [0.2, 0.25) is 41.4 Å². The molecule has 0 saturated heterocycles. The van der Waals surface area contributed by atoms with Crippen LogP contribution in [-0.4, -0.2) is 147 Å². The Morgan fingerprint density at radius 3 is 1.49 bits per heavy atom. The van der Waals surface area contributed by atoms with E-state index in [1.165, 1.54) is 0 Å². The number of hydrogen-bond acceptors (Lipinski definition) is 13. The molecule has 0 aliphatic rings. The predicted molar refractivity (Wildman–Crippen MR) is 249 cm³/mol. The summed E-state index contributed by atoms with van der Waals surface area (Å²) in [5, 5.41) is 54.8. The number of amides is 7. The third-order valence-corrected chi connectivity index (χ3v) is 10.2. The second-order valence-electron chi connectivity index (χ2n) is 17.7. The molecule has 386 valence electrons. The lowest BCUT2D eigenvalue weighted by Crippen LogP contribution is -2.61. The van der Waals surface area contributed by atoms with Crippen molar-refractivity contribution in [1.29, 1.82) is 0 Å². The summed E-state index contributed by atoms with van der Waals surface area (Å²) in [7, 11) is 0. The van der Waals surface area contributed by atoms with Crippen molar-refractivity contribution in [3.8, 4) is 0 Å². The Labute approximate surface area is 400 Å². The van der Waals surface area contributed by atoms with Crippen molar-refractivity contribution in [1.82, 2.24) is 37.2 Å². The van der Waals surface area contributed by atoms with Crippen LogP contribution in [0.15, 0.2) is 35.3 Å². The minimum atomic E-state index is -1.87. The highest BCUT2D eigenvalue weighted by atomic mass is 16.4. The zero-order valence-electron chi connectivity index (χ0n) is 39.9. The molecule has 0 aromatic heterocycles. The lowest BCUT2D eigenvalue weighted by Gasteiger charge is -2.29. The molecule has 1 aromatic rings. The summed E-state index contributed by atoms with van der Waals surface area (Å²) < 4.78 is 0. The summed E-state index contributed by atoms with van der Waals surface area (Å²) in [4.78, 5) is 134. The molecule has 0 aliphatic carbocycles. The summed E-state index contributed by atoms with van der Waals surface area (Å²) in [6, 6.07) is -3.16. The van der Waals surface area contributed by atoms with Crippen LogP contribution in [0.25, 0.3) is 0 Å². The number of nitrogens with zero attached hydrogens (tertiary/aromatic N) is 1. The molecule has 1 aromatic carbocycles. The number of aliphatic hydroxyl groups excluding tert-OH is 1. The van der Waals surface area contributed by atoms with Gasteiger partial charge in [-0.15, -0.1) is 0 Å². The zero-order valence-corrected chi connectivity index (χ0v) is 39.9. The lowest BCUT2D eigenvalue weighted by molar-refractivity contribution is -0.143. The average molecular weight is 978 g/mol. The quantitative estimate of drug-likeness (QED) is 0.0197. The van der Waals surface area contributed by atoms with E-state index in [1.54, 1.807) is 71.9 Å². The van der Waals surface area contributed by atoms with E-state index in [0.29, 0.717) is 5.56 Å².